The highest BCUT2D eigenvalue weighted by molar-refractivity contribution is 5.88. The van der Waals surface area contributed by atoms with Crippen LogP contribution < -0.4 is 5.32 Å². The number of carbonyl (C=O) groups excluding carboxylic acids is 3. The van der Waals surface area contributed by atoms with Gasteiger partial charge < -0.3 is 15.0 Å². The smallest absolute Gasteiger partial charge is 0.311 e. The summed E-state index contributed by atoms with van der Waals surface area (Å²) in [5.41, 5.74) is 2.12. The molecule has 6 heteroatoms. The second-order valence-corrected chi connectivity index (χ2v) is 6.85. The SMILES string of the molecule is O=C(COC(=O)[C@@H]1CC(=O)N(CCc2ccccc2)C1)NCc1ccccc1. The van der Waals surface area contributed by atoms with Crippen LogP contribution in [0.3, 0.4) is 0 Å². The molecule has 6 nitrogen and oxygen atoms in total. The highest BCUT2D eigenvalue weighted by atomic mass is 16.5. The molecule has 1 fully saturated rings. The molecule has 0 spiro atoms. The van der Waals surface area contributed by atoms with Gasteiger partial charge in [0.15, 0.2) is 6.61 Å². The van der Waals surface area contributed by atoms with Gasteiger partial charge >= 0.3 is 5.97 Å². The largest absolute Gasteiger partial charge is 0.455 e. The number of hydrogen-bond acceptors (Lipinski definition) is 4. The zero-order chi connectivity index (χ0) is 19.8. The van der Waals surface area contributed by atoms with Gasteiger partial charge in [-0.15, -0.1) is 0 Å². The van der Waals surface area contributed by atoms with E-state index in [4.69, 9.17) is 4.74 Å². The van der Waals surface area contributed by atoms with Crippen LogP contribution in [0.25, 0.3) is 0 Å². The number of nitrogens with zero attached hydrogens (tertiary/aromatic N) is 1. The third-order valence-corrected chi connectivity index (χ3v) is 4.74. The van der Waals surface area contributed by atoms with Crippen LogP contribution in [0, 0.1) is 5.92 Å². The first kappa shape index (κ1) is 19.6. The van der Waals surface area contributed by atoms with Crippen LogP contribution >= 0.6 is 0 Å². The third kappa shape index (κ3) is 5.67. The highest BCUT2D eigenvalue weighted by Gasteiger charge is 2.35. The molecule has 0 aliphatic carbocycles. The lowest BCUT2D eigenvalue weighted by molar-refractivity contribution is -0.152. The van der Waals surface area contributed by atoms with Gasteiger partial charge in [-0.3, -0.25) is 14.4 Å². The first-order valence-electron chi connectivity index (χ1n) is 9.41. The summed E-state index contributed by atoms with van der Waals surface area (Å²) < 4.78 is 5.11. The number of ether oxygens (including phenoxy) is 1. The van der Waals surface area contributed by atoms with Crippen molar-refractivity contribution < 1.29 is 19.1 Å². The van der Waals surface area contributed by atoms with Crippen molar-refractivity contribution in [2.24, 2.45) is 5.92 Å². The molecule has 28 heavy (non-hydrogen) atoms. The number of hydrogen-bond donors (Lipinski definition) is 1. The Morgan fingerprint density at radius 2 is 1.64 bits per heavy atom. The van der Waals surface area contributed by atoms with Crippen LogP contribution in [0.4, 0.5) is 0 Å². The minimum absolute atomic E-state index is 0.0496. The number of rotatable bonds is 8. The second kappa shape index (κ2) is 9.69. The number of amides is 2. The molecule has 1 saturated heterocycles. The molecule has 0 unspecified atom stereocenters. The average Bonchev–Trinajstić information content (AvgIpc) is 3.11. The third-order valence-electron chi connectivity index (χ3n) is 4.74. The van der Waals surface area contributed by atoms with Crippen molar-refractivity contribution in [3.05, 3.63) is 71.8 Å². The molecule has 1 atom stereocenters. The highest BCUT2D eigenvalue weighted by Crippen LogP contribution is 2.19. The summed E-state index contributed by atoms with van der Waals surface area (Å²) in [6.07, 6.45) is 0.884. The number of nitrogens with one attached hydrogen (secondary N) is 1. The van der Waals surface area contributed by atoms with Gasteiger partial charge in [0.05, 0.1) is 5.92 Å². The monoisotopic (exact) mass is 380 g/mol. The summed E-state index contributed by atoms with van der Waals surface area (Å²) in [5.74, 6) is -1.41. The van der Waals surface area contributed by atoms with Crippen molar-refractivity contribution in [3.8, 4) is 0 Å². The molecule has 2 aromatic carbocycles. The van der Waals surface area contributed by atoms with E-state index in [1.807, 2.05) is 60.7 Å². The molecule has 1 N–H and O–H groups in total. The van der Waals surface area contributed by atoms with E-state index in [-0.39, 0.29) is 24.8 Å². The molecule has 1 heterocycles. The van der Waals surface area contributed by atoms with Gasteiger partial charge in [-0.2, -0.15) is 0 Å². The molecule has 1 aliphatic heterocycles. The molecule has 3 rings (SSSR count). The minimum atomic E-state index is -0.509. The van der Waals surface area contributed by atoms with Crippen LogP contribution in [0.5, 0.6) is 0 Å². The first-order valence-corrected chi connectivity index (χ1v) is 9.41. The maximum atomic E-state index is 12.2. The fraction of sp³-hybridized carbons (Fsp3) is 0.318. The van der Waals surface area contributed by atoms with Crippen LogP contribution in [-0.2, 0) is 32.1 Å². The van der Waals surface area contributed by atoms with Crippen molar-refractivity contribution in [1.29, 1.82) is 0 Å². The van der Waals surface area contributed by atoms with E-state index in [2.05, 4.69) is 5.32 Å². The fourth-order valence-electron chi connectivity index (χ4n) is 3.16. The fourth-order valence-corrected chi connectivity index (χ4v) is 3.16. The Kier molecular flexibility index (Phi) is 6.78. The lowest BCUT2D eigenvalue weighted by atomic mass is 10.1. The zero-order valence-electron chi connectivity index (χ0n) is 15.7. The Hall–Kier alpha value is -3.15. The zero-order valence-corrected chi connectivity index (χ0v) is 15.7. The first-order chi connectivity index (χ1) is 13.6. The predicted octanol–water partition coefficient (Wildman–Crippen LogP) is 1.94. The Bertz CT molecular complexity index is 808. The van der Waals surface area contributed by atoms with E-state index < -0.39 is 11.9 Å². The Labute approximate surface area is 164 Å². The number of carbonyl (C=O) groups is 3. The summed E-state index contributed by atoms with van der Waals surface area (Å²) in [7, 11) is 0. The van der Waals surface area contributed by atoms with E-state index in [0.717, 1.165) is 17.5 Å². The maximum Gasteiger partial charge on any atom is 0.311 e. The van der Waals surface area contributed by atoms with E-state index in [1.165, 1.54) is 0 Å². The van der Waals surface area contributed by atoms with Gasteiger partial charge in [0, 0.05) is 26.1 Å². The predicted molar refractivity (Wildman–Crippen MR) is 104 cm³/mol. The van der Waals surface area contributed by atoms with Crippen LogP contribution in [0.1, 0.15) is 17.5 Å². The Balaban J connectivity index is 1.38. The van der Waals surface area contributed by atoms with Crippen molar-refractivity contribution in [1.82, 2.24) is 10.2 Å². The van der Waals surface area contributed by atoms with Gasteiger partial charge in [0.2, 0.25) is 5.91 Å². The van der Waals surface area contributed by atoms with Crippen LogP contribution in [0.2, 0.25) is 0 Å². The summed E-state index contributed by atoms with van der Waals surface area (Å²) in [6, 6.07) is 19.4. The van der Waals surface area contributed by atoms with Crippen LogP contribution in [-0.4, -0.2) is 42.4 Å². The van der Waals surface area contributed by atoms with Gasteiger partial charge in [0.25, 0.3) is 5.91 Å². The summed E-state index contributed by atoms with van der Waals surface area (Å²) in [6.45, 7) is 0.965. The van der Waals surface area contributed by atoms with E-state index >= 15 is 0 Å². The van der Waals surface area contributed by atoms with Gasteiger partial charge in [0.1, 0.15) is 0 Å². The maximum absolute atomic E-state index is 12.2. The molecular formula is C22H24N2O4. The quantitative estimate of drug-likeness (QED) is 0.710. The van der Waals surface area contributed by atoms with E-state index in [9.17, 15) is 14.4 Å². The number of likely N-dealkylation sites (tertiary alicyclic amines) is 1. The van der Waals surface area contributed by atoms with Gasteiger partial charge in [-0.1, -0.05) is 60.7 Å². The number of esters is 1. The summed E-state index contributed by atoms with van der Waals surface area (Å²) in [5, 5.41) is 2.71. The van der Waals surface area contributed by atoms with Crippen molar-refractivity contribution in [2.75, 3.05) is 19.7 Å². The van der Waals surface area contributed by atoms with Crippen molar-refractivity contribution in [3.63, 3.8) is 0 Å². The Morgan fingerprint density at radius 3 is 2.32 bits per heavy atom. The molecule has 0 saturated carbocycles. The molecule has 2 aromatic rings. The molecule has 1 aliphatic rings. The molecule has 0 aromatic heterocycles. The van der Waals surface area contributed by atoms with Gasteiger partial charge in [-0.25, -0.2) is 0 Å². The molecule has 0 radical (unpaired) electrons. The van der Waals surface area contributed by atoms with Crippen molar-refractivity contribution >= 4 is 17.8 Å². The Morgan fingerprint density at radius 1 is 1.00 bits per heavy atom. The summed E-state index contributed by atoms with van der Waals surface area (Å²) in [4.78, 5) is 37.9. The second-order valence-electron chi connectivity index (χ2n) is 6.85. The summed E-state index contributed by atoms with van der Waals surface area (Å²) >= 11 is 0. The molecule has 146 valence electrons. The normalized spacial score (nSPS) is 16.1. The van der Waals surface area contributed by atoms with Gasteiger partial charge in [-0.05, 0) is 17.5 Å². The lowest BCUT2D eigenvalue weighted by Gasteiger charge is -2.16. The average molecular weight is 380 g/mol. The number of benzene rings is 2. The molecular weight excluding hydrogens is 356 g/mol. The van der Waals surface area contributed by atoms with E-state index in [1.54, 1.807) is 4.90 Å². The van der Waals surface area contributed by atoms with Crippen LogP contribution in [0.15, 0.2) is 60.7 Å². The molecule has 2 amide bonds. The lowest BCUT2D eigenvalue weighted by Crippen LogP contribution is -2.31. The minimum Gasteiger partial charge on any atom is -0.455 e. The molecule has 0 bridgehead atoms. The van der Waals surface area contributed by atoms with Crippen molar-refractivity contribution in [2.45, 2.75) is 19.4 Å². The standard InChI is InChI=1S/C22H24N2O4/c25-20(23-14-18-9-5-2-6-10-18)16-28-22(27)19-13-21(26)24(15-19)12-11-17-7-3-1-4-8-17/h1-10,19H,11-16H2,(H,23,25)/t19-/m1/s1. The van der Waals surface area contributed by atoms with E-state index in [0.29, 0.717) is 19.6 Å². The topological polar surface area (TPSA) is 75.7 Å².